The van der Waals surface area contributed by atoms with E-state index in [1.165, 1.54) is 12.1 Å². The van der Waals surface area contributed by atoms with Gasteiger partial charge in [-0.05, 0) is 37.5 Å². The Labute approximate surface area is 140 Å². The zero-order valence-corrected chi connectivity index (χ0v) is 13.7. The number of halogens is 2. The number of rotatable bonds is 3. The van der Waals surface area contributed by atoms with E-state index in [1.807, 2.05) is 6.92 Å². The standard InChI is InChI=1S/C17H23F2N3O2/c1-11-6-15(23)16(24)22(11)17(20)2-4-21(5-3-17)10-12-7-13(18)9-14(19)8-12/h7-9,11,15,23H,2-6,10,20H2,1H3. The lowest BCUT2D eigenvalue weighted by Crippen LogP contribution is -2.63. The molecule has 2 fully saturated rings. The molecule has 2 aliphatic rings. The van der Waals surface area contributed by atoms with E-state index in [2.05, 4.69) is 4.90 Å². The highest BCUT2D eigenvalue weighted by Gasteiger charge is 2.47. The fourth-order valence-electron chi connectivity index (χ4n) is 3.87. The van der Waals surface area contributed by atoms with Gasteiger partial charge < -0.3 is 15.7 Å². The van der Waals surface area contributed by atoms with Gasteiger partial charge in [0, 0.05) is 38.2 Å². The van der Waals surface area contributed by atoms with Crippen LogP contribution in [0.2, 0.25) is 0 Å². The van der Waals surface area contributed by atoms with Crippen LogP contribution in [0.4, 0.5) is 8.78 Å². The van der Waals surface area contributed by atoms with E-state index in [-0.39, 0.29) is 11.9 Å². The van der Waals surface area contributed by atoms with Crippen molar-refractivity contribution < 1.29 is 18.7 Å². The second-order valence-corrected chi connectivity index (χ2v) is 6.97. The number of benzene rings is 1. The average Bonchev–Trinajstić information content (AvgIpc) is 2.74. The first-order valence-corrected chi connectivity index (χ1v) is 8.26. The van der Waals surface area contributed by atoms with Gasteiger partial charge >= 0.3 is 0 Å². The molecule has 1 amide bonds. The molecule has 2 heterocycles. The number of amides is 1. The number of likely N-dealkylation sites (tertiary alicyclic amines) is 2. The van der Waals surface area contributed by atoms with E-state index >= 15 is 0 Å². The van der Waals surface area contributed by atoms with Gasteiger partial charge in [0.1, 0.15) is 17.7 Å². The van der Waals surface area contributed by atoms with Gasteiger partial charge in [0.05, 0.1) is 5.66 Å². The zero-order chi connectivity index (χ0) is 17.5. The molecular formula is C17H23F2N3O2. The summed E-state index contributed by atoms with van der Waals surface area (Å²) in [6, 6.07) is 3.43. The molecule has 0 saturated carbocycles. The third-order valence-corrected chi connectivity index (χ3v) is 5.06. The van der Waals surface area contributed by atoms with E-state index in [1.54, 1.807) is 4.90 Å². The molecule has 3 N–H and O–H groups in total. The summed E-state index contributed by atoms with van der Waals surface area (Å²) >= 11 is 0. The van der Waals surface area contributed by atoms with Crippen LogP contribution in [0.5, 0.6) is 0 Å². The Kier molecular flexibility index (Phi) is 4.59. The number of aliphatic hydroxyl groups is 1. The highest BCUT2D eigenvalue weighted by molar-refractivity contribution is 5.84. The first-order chi connectivity index (χ1) is 11.3. The molecule has 1 aromatic rings. The van der Waals surface area contributed by atoms with Gasteiger partial charge in [-0.25, -0.2) is 8.78 Å². The smallest absolute Gasteiger partial charge is 0.253 e. The molecule has 7 heteroatoms. The van der Waals surface area contributed by atoms with Crippen LogP contribution in [0.1, 0.15) is 31.7 Å². The van der Waals surface area contributed by atoms with Gasteiger partial charge in [0.15, 0.2) is 0 Å². The molecule has 0 bridgehead atoms. The van der Waals surface area contributed by atoms with Crippen LogP contribution in [0.3, 0.4) is 0 Å². The summed E-state index contributed by atoms with van der Waals surface area (Å²) in [6.45, 7) is 3.59. The molecule has 0 spiro atoms. The number of carbonyl (C=O) groups is 1. The largest absolute Gasteiger partial charge is 0.383 e. The molecule has 132 valence electrons. The van der Waals surface area contributed by atoms with E-state index in [4.69, 9.17) is 5.73 Å². The SMILES string of the molecule is CC1CC(O)C(=O)N1C1(N)CCN(Cc2cc(F)cc(F)c2)CC1. The zero-order valence-electron chi connectivity index (χ0n) is 13.7. The minimum Gasteiger partial charge on any atom is -0.383 e. The molecule has 3 rings (SSSR count). The second-order valence-electron chi connectivity index (χ2n) is 6.97. The van der Waals surface area contributed by atoms with Gasteiger partial charge in [-0.3, -0.25) is 9.69 Å². The third-order valence-electron chi connectivity index (χ3n) is 5.06. The topological polar surface area (TPSA) is 69.8 Å². The lowest BCUT2D eigenvalue weighted by molar-refractivity contribution is -0.143. The van der Waals surface area contributed by atoms with Crippen LogP contribution in [0.25, 0.3) is 0 Å². The number of hydrogen-bond donors (Lipinski definition) is 2. The van der Waals surface area contributed by atoms with Gasteiger partial charge in [0.2, 0.25) is 0 Å². The summed E-state index contributed by atoms with van der Waals surface area (Å²) in [6.07, 6.45) is 0.569. The molecule has 2 atom stereocenters. The lowest BCUT2D eigenvalue weighted by Gasteiger charge is -2.46. The summed E-state index contributed by atoms with van der Waals surface area (Å²) < 4.78 is 26.6. The molecule has 5 nitrogen and oxygen atoms in total. The molecule has 24 heavy (non-hydrogen) atoms. The van der Waals surface area contributed by atoms with Crippen LogP contribution in [0.15, 0.2) is 18.2 Å². The van der Waals surface area contributed by atoms with Gasteiger partial charge in [-0.15, -0.1) is 0 Å². The van der Waals surface area contributed by atoms with Crippen LogP contribution in [-0.4, -0.2) is 51.7 Å². The van der Waals surface area contributed by atoms with Crippen LogP contribution in [0, 0.1) is 11.6 Å². The number of nitrogens with zero attached hydrogens (tertiary/aromatic N) is 2. The first-order valence-electron chi connectivity index (χ1n) is 8.26. The molecule has 2 saturated heterocycles. The van der Waals surface area contributed by atoms with Crippen molar-refractivity contribution in [3.8, 4) is 0 Å². The van der Waals surface area contributed by atoms with Crippen LogP contribution in [-0.2, 0) is 11.3 Å². The highest BCUT2D eigenvalue weighted by Crippen LogP contribution is 2.32. The van der Waals surface area contributed by atoms with E-state index in [0.717, 1.165) is 6.07 Å². The summed E-state index contributed by atoms with van der Waals surface area (Å²) in [5.74, 6) is -1.47. The summed E-state index contributed by atoms with van der Waals surface area (Å²) in [4.78, 5) is 15.9. The van der Waals surface area contributed by atoms with Crippen molar-refractivity contribution in [1.82, 2.24) is 9.80 Å². The van der Waals surface area contributed by atoms with Crippen LogP contribution >= 0.6 is 0 Å². The van der Waals surface area contributed by atoms with Crippen molar-refractivity contribution in [3.05, 3.63) is 35.4 Å². The average molecular weight is 339 g/mol. The minimum atomic E-state index is -0.964. The monoisotopic (exact) mass is 339 g/mol. The number of nitrogens with two attached hydrogens (primary N) is 1. The Balaban J connectivity index is 1.64. The van der Waals surface area contributed by atoms with Crippen molar-refractivity contribution in [1.29, 1.82) is 0 Å². The summed E-state index contributed by atoms with van der Waals surface area (Å²) in [7, 11) is 0. The molecule has 2 unspecified atom stereocenters. The fraction of sp³-hybridized carbons (Fsp3) is 0.588. The normalized spacial score (nSPS) is 27.7. The maximum Gasteiger partial charge on any atom is 0.253 e. The summed E-state index contributed by atoms with van der Waals surface area (Å²) in [5, 5.41) is 9.75. The minimum absolute atomic E-state index is 0.0821. The molecule has 0 aromatic heterocycles. The highest BCUT2D eigenvalue weighted by atomic mass is 19.1. The number of aliphatic hydroxyl groups excluding tert-OH is 1. The third kappa shape index (κ3) is 3.29. The van der Waals surface area contributed by atoms with Crippen molar-refractivity contribution in [2.45, 2.75) is 50.5 Å². The Morgan fingerprint density at radius 2 is 1.83 bits per heavy atom. The number of hydrogen-bond acceptors (Lipinski definition) is 4. The van der Waals surface area contributed by atoms with E-state index < -0.39 is 23.4 Å². The second kappa shape index (κ2) is 6.38. The van der Waals surface area contributed by atoms with Crippen LogP contribution < -0.4 is 5.73 Å². The molecular weight excluding hydrogens is 316 g/mol. The van der Waals surface area contributed by atoms with Gasteiger partial charge in [0.25, 0.3) is 5.91 Å². The van der Waals surface area contributed by atoms with Crippen molar-refractivity contribution in [2.24, 2.45) is 5.73 Å². The number of carbonyl (C=O) groups excluding carboxylic acids is 1. The maximum absolute atomic E-state index is 13.3. The quantitative estimate of drug-likeness (QED) is 0.868. The molecule has 0 radical (unpaired) electrons. The van der Waals surface area contributed by atoms with Gasteiger partial charge in [-0.2, -0.15) is 0 Å². The Bertz CT molecular complexity index is 612. The number of piperidine rings is 1. The molecule has 0 aliphatic carbocycles. The molecule has 2 aliphatic heterocycles. The van der Waals surface area contributed by atoms with Crippen molar-refractivity contribution >= 4 is 5.91 Å². The maximum atomic E-state index is 13.3. The van der Waals surface area contributed by atoms with E-state index in [0.29, 0.717) is 44.5 Å². The first kappa shape index (κ1) is 17.3. The van der Waals surface area contributed by atoms with Gasteiger partial charge in [-0.1, -0.05) is 0 Å². The van der Waals surface area contributed by atoms with Crippen molar-refractivity contribution in [2.75, 3.05) is 13.1 Å². The Morgan fingerprint density at radius 1 is 1.25 bits per heavy atom. The molecule has 1 aromatic carbocycles. The van der Waals surface area contributed by atoms with E-state index in [9.17, 15) is 18.7 Å². The lowest BCUT2D eigenvalue weighted by atomic mass is 9.94. The van der Waals surface area contributed by atoms with Crippen molar-refractivity contribution in [3.63, 3.8) is 0 Å². The fourth-order valence-corrected chi connectivity index (χ4v) is 3.87. The Morgan fingerprint density at radius 3 is 2.33 bits per heavy atom. The summed E-state index contributed by atoms with van der Waals surface area (Å²) in [5.41, 5.74) is 6.27. The predicted molar refractivity (Wildman–Crippen MR) is 84.7 cm³/mol. The predicted octanol–water partition coefficient (Wildman–Crippen LogP) is 1.20. The Hall–Kier alpha value is -1.57.